The molecule has 0 saturated heterocycles. The Labute approximate surface area is 147 Å². The second-order valence-electron chi connectivity index (χ2n) is 5.45. The summed E-state index contributed by atoms with van der Waals surface area (Å²) < 4.78 is 12.1. The van der Waals surface area contributed by atoms with Crippen molar-refractivity contribution in [1.82, 2.24) is 30.0 Å². The molecule has 0 unspecified atom stereocenters. The first-order valence-electron chi connectivity index (χ1n) is 7.83. The molecular weight excluding hydrogens is 336 g/mol. The molecule has 1 amide bonds. The van der Waals surface area contributed by atoms with Gasteiger partial charge in [0.05, 0.1) is 19.1 Å². The molecule has 1 N–H and O–H groups in total. The third kappa shape index (κ3) is 3.51. The standard InChI is InChI=1S/C17H14N6O3/c24-15(19-8-13-2-1-7-25-13)10-23-9-14(20-11-23)16-21-17(26-22-16)12-3-5-18-6-4-12/h1-7,9,11H,8,10H2,(H,19,24). The summed E-state index contributed by atoms with van der Waals surface area (Å²) in [5.74, 6) is 1.27. The second kappa shape index (κ2) is 7.01. The molecule has 4 heterocycles. The van der Waals surface area contributed by atoms with E-state index in [1.54, 1.807) is 60.0 Å². The van der Waals surface area contributed by atoms with Gasteiger partial charge in [-0.15, -0.1) is 0 Å². The van der Waals surface area contributed by atoms with Crippen molar-refractivity contribution in [3.63, 3.8) is 0 Å². The van der Waals surface area contributed by atoms with Crippen LogP contribution < -0.4 is 5.32 Å². The Morgan fingerprint density at radius 1 is 1.23 bits per heavy atom. The average Bonchev–Trinajstić information content (AvgIpc) is 3.42. The van der Waals surface area contributed by atoms with Crippen molar-refractivity contribution in [3.05, 3.63) is 61.2 Å². The van der Waals surface area contributed by atoms with Crippen LogP contribution in [-0.4, -0.2) is 30.6 Å². The van der Waals surface area contributed by atoms with Gasteiger partial charge in [0.25, 0.3) is 5.89 Å². The number of carbonyl (C=O) groups is 1. The number of imidazole rings is 1. The normalized spacial score (nSPS) is 10.8. The molecule has 9 heteroatoms. The summed E-state index contributed by atoms with van der Waals surface area (Å²) in [5, 5.41) is 6.70. The number of aromatic nitrogens is 5. The SMILES string of the molecule is O=C(Cn1cnc(-c2noc(-c3ccncc3)n2)c1)NCc1ccco1. The molecule has 0 bridgehead atoms. The molecule has 4 rings (SSSR count). The van der Waals surface area contributed by atoms with Gasteiger partial charge in [-0.3, -0.25) is 9.78 Å². The quantitative estimate of drug-likeness (QED) is 0.565. The molecule has 0 spiro atoms. The van der Waals surface area contributed by atoms with Crippen molar-refractivity contribution in [2.45, 2.75) is 13.1 Å². The third-order valence-electron chi connectivity index (χ3n) is 3.58. The van der Waals surface area contributed by atoms with E-state index < -0.39 is 0 Å². The van der Waals surface area contributed by atoms with E-state index in [1.807, 2.05) is 0 Å². The van der Waals surface area contributed by atoms with Gasteiger partial charge in [-0.2, -0.15) is 4.98 Å². The molecule has 0 aliphatic carbocycles. The minimum atomic E-state index is -0.157. The molecule has 0 aromatic carbocycles. The van der Waals surface area contributed by atoms with Gasteiger partial charge in [-0.1, -0.05) is 5.16 Å². The van der Waals surface area contributed by atoms with Crippen LogP contribution >= 0.6 is 0 Å². The number of pyridine rings is 1. The molecular formula is C17H14N6O3. The summed E-state index contributed by atoms with van der Waals surface area (Å²) in [7, 11) is 0. The van der Waals surface area contributed by atoms with Crippen LogP contribution in [0.5, 0.6) is 0 Å². The van der Waals surface area contributed by atoms with Crippen LogP contribution in [0.2, 0.25) is 0 Å². The van der Waals surface area contributed by atoms with Crippen molar-refractivity contribution >= 4 is 5.91 Å². The van der Waals surface area contributed by atoms with Crippen molar-refractivity contribution in [2.24, 2.45) is 0 Å². The number of furan rings is 1. The smallest absolute Gasteiger partial charge is 0.258 e. The van der Waals surface area contributed by atoms with E-state index in [0.29, 0.717) is 29.7 Å². The van der Waals surface area contributed by atoms with Gasteiger partial charge in [0.2, 0.25) is 11.7 Å². The number of nitrogens with zero attached hydrogens (tertiary/aromatic N) is 5. The summed E-state index contributed by atoms with van der Waals surface area (Å²) in [6.45, 7) is 0.469. The molecule has 0 saturated carbocycles. The summed E-state index contributed by atoms with van der Waals surface area (Å²) in [5.41, 5.74) is 1.29. The number of rotatable bonds is 6. The number of carbonyl (C=O) groups excluding carboxylic acids is 1. The Balaban J connectivity index is 1.40. The molecule has 4 aromatic heterocycles. The number of hydrogen-bond donors (Lipinski definition) is 1. The number of nitrogens with one attached hydrogen (secondary N) is 1. The molecule has 130 valence electrons. The zero-order valence-corrected chi connectivity index (χ0v) is 13.6. The third-order valence-corrected chi connectivity index (χ3v) is 3.58. The lowest BCUT2D eigenvalue weighted by Gasteiger charge is -2.03. The zero-order chi connectivity index (χ0) is 17.8. The Hall–Kier alpha value is -3.75. The number of amides is 1. The fourth-order valence-corrected chi connectivity index (χ4v) is 2.32. The minimum Gasteiger partial charge on any atom is -0.467 e. The highest BCUT2D eigenvalue weighted by atomic mass is 16.5. The van der Waals surface area contributed by atoms with E-state index in [2.05, 4.69) is 25.4 Å². The summed E-state index contributed by atoms with van der Waals surface area (Å²) >= 11 is 0. The van der Waals surface area contributed by atoms with Crippen molar-refractivity contribution in [1.29, 1.82) is 0 Å². The molecule has 0 atom stereocenters. The molecule has 0 fully saturated rings. The monoisotopic (exact) mass is 350 g/mol. The van der Waals surface area contributed by atoms with Crippen LogP contribution in [-0.2, 0) is 17.9 Å². The molecule has 0 radical (unpaired) electrons. The van der Waals surface area contributed by atoms with Crippen LogP contribution in [0.1, 0.15) is 5.76 Å². The first kappa shape index (κ1) is 15.8. The average molecular weight is 350 g/mol. The maximum atomic E-state index is 12.0. The van der Waals surface area contributed by atoms with Crippen molar-refractivity contribution in [3.8, 4) is 23.0 Å². The predicted molar refractivity (Wildman–Crippen MR) is 89.3 cm³/mol. The van der Waals surface area contributed by atoms with Gasteiger partial charge >= 0.3 is 0 Å². The summed E-state index contributed by atoms with van der Waals surface area (Å²) in [6, 6.07) is 7.12. The first-order valence-corrected chi connectivity index (χ1v) is 7.83. The Morgan fingerprint density at radius 2 is 2.12 bits per heavy atom. The van der Waals surface area contributed by atoms with Crippen molar-refractivity contribution in [2.75, 3.05) is 0 Å². The lowest BCUT2D eigenvalue weighted by Crippen LogP contribution is -2.26. The Bertz CT molecular complexity index is 991. The number of hydrogen-bond acceptors (Lipinski definition) is 7. The van der Waals surface area contributed by atoms with E-state index in [1.165, 1.54) is 0 Å². The van der Waals surface area contributed by atoms with Gasteiger partial charge in [-0.05, 0) is 24.3 Å². The zero-order valence-electron chi connectivity index (χ0n) is 13.6. The van der Waals surface area contributed by atoms with Crippen molar-refractivity contribution < 1.29 is 13.7 Å². The van der Waals surface area contributed by atoms with Crippen LogP contribution in [0.25, 0.3) is 23.0 Å². The first-order chi connectivity index (χ1) is 12.8. The van der Waals surface area contributed by atoms with E-state index in [4.69, 9.17) is 8.94 Å². The van der Waals surface area contributed by atoms with Gasteiger partial charge < -0.3 is 18.8 Å². The van der Waals surface area contributed by atoms with E-state index in [9.17, 15) is 4.79 Å². The topological polar surface area (TPSA) is 112 Å². The fraction of sp³-hybridized carbons (Fsp3) is 0.118. The molecule has 9 nitrogen and oxygen atoms in total. The second-order valence-corrected chi connectivity index (χ2v) is 5.45. The maximum Gasteiger partial charge on any atom is 0.258 e. The van der Waals surface area contributed by atoms with E-state index in [0.717, 1.165) is 5.56 Å². The van der Waals surface area contributed by atoms with Gasteiger partial charge in [0.15, 0.2) is 0 Å². The van der Waals surface area contributed by atoms with Crippen LogP contribution in [0.3, 0.4) is 0 Å². The van der Waals surface area contributed by atoms with Gasteiger partial charge in [-0.25, -0.2) is 4.98 Å². The lowest BCUT2D eigenvalue weighted by atomic mass is 10.3. The summed E-state index contributed by atoms with van der Waals surface area (Å²) in [4.78, 5) is 24.5. The largest absolute Gasteiger partial charge is 0.467 e. The van der Waals surface area contributed by atoms with Gasteiger partial charge in [0.1, 0.15) is 18.0 Å². The van der Waals surface area contributed by atoms with Crippen LogP contribution in [0.15, 0.2) is 64.4 Å². The highest BCUT2D eigenvalue weighted by Crippen LogP contribution is 2.20. The Kier molecular flexibility index (Phi) is 4.25. The lowest BCUT2D eigenvalue weighted by molar-refractivity contribution is -0.121. The summed E-state index contributed by atoms with van der Waals surface area (Å²) in [6.07, 6.45) is 8.09. The molecule has 4 aromatic rings. The maximum absolute atomic E-state index is 12.0. The molecule has 0 aliphatic rings. The molecule has 0 aliphatic heterocycles. The van der Waals surface area contributed by atoms with E-state index in [-0.39, 0.29) is 12.5 Å². The minimum absolute atomic E-state index is 0.128. The van der Waals surface area contributed by atoms with E-state index >= 15 is 0 Å². The van der Waals surface area contributed by atoms with Gasteiger partial charge in [0, 0.05) is 24.2 Å². The molecule has 26 heavy (non-hydrogen) atoms. The highest BCUT2D eigenvalue weighted by molar-refractivity contribution is 5.75. The predicted octanol–water partition coefficient (Wildman–Crippen LogP) is 1.90. The highest BCUT2D eigenvalue weighted by Gasteiger charge is 2.13. The fourth-order valence-electron chi connectivity index (χ4n) is 2.32. The Morgan fingerprint density at radius 3 is 2.92 bits per heavy atom. The van der Waals surface area contributed by atoms with Crippen LogP contribution in [0, 0.1) is 0 Å². The van der Waals surface area contributed by atoms with Crippen LogP contribution in [0.4, 0.5) is 0 Å².